The van der Waals surface area contributed by atoms with Gasteiger partial charge in [-0.25, -0.2) is 4.79 Å². The van der Waals surface area contributed by atoms with Gasteiger partial charge in [0.05, 0.1) is 19.8 Å². The summed E-state index contributed by atoms with van der Waals surface area (Å²) in [7, 11) is 1.36. The number of aliphatic hydroxyl groups is 6. The number of rotatable bonds is 11. The lowest BCUT2D eigenvalue weighted by Crippen LogP contribution is -2.64. The van der Waals surface area contributed by atoms with Gasteiger partial charge in [0.2, 0.25) is 0 Å². The van der Waals surface area contributed by atoms with Gasteiger partial charge in [-0.05, 0) is 48.4 Å². The molecule has 16 nitrogen and oxygen atoms in total. The molecule has 0 bridgehead atoms. The molecule has 2 heterocycles. The van der Waals surface area contributed by atoms with Gasteiger partial charge in [-0.3, -0.25) is 0 Å². The van der Waals surface area contributed by atoms with Crippen molar-refractivity contribution in [1.29, 1.82) is 0 Å². The van der Waals surface area contributed by atoms with Gasteiger partial charge in [-0.2, -0.15) is 0 Å². The van der Waals surface area contributed by atoms with Crippen LogP contribution in [-0.4, -0.2) is 134 Å². The van der Waals surface area contributed by atoms with Gasteiger partial charge in [0.1, 0.15) is 55.4 Å². The predicted octanol–water partition coefficient (Wildman–Crippen LogP) is -1.22. The fourth-order valence-corrected chi connectivity index (χ4v) is 4.82. The van der Waals surface area contributed by atoms with Gasteiger partial charge in [0.15, 0.2) is 35.6 Å². The molecule has 254 valence electrons. The normalized spacial score (nSPS) is 32.3. The summed E-state index contributed by atoms with van der Waals surface area (Å²) in [6.45, 7) is 0.298. The Morgan fingerprint density at radius 2 is 1.59 bits per heavy atom. The second kappa shape index (κ2) is 15.4. The van der Waals surface area contributed by atoms with E-state index in [-0.39, 0.29) is 17.1 Å². The average Bonchev–Trinajstić information content (AvgIpc) is 3.04. The summed E-state index contributed by atoms with van der Waals surface area (Å²) in [6, 6.07) is 7.95. The standard InChI is InChI=1S/C30H38O16/c1-13-23(36)25(38)26(39)30(44-13)46-28-24(37)21(12-42-22(35)8-4-14-3-6-17(32)20(9-14)41-2)45-29(27(28)40)43-11-19(34)15-5-7-16(31)18(33)10-15/h3-10,13,19,21,23-34,36-40H,11-12H2,1-2H3/b8-4+/t13-,19?,21+,23-,24+,25+,26+,27+,28-,29+,30-/m0/s1. The molecule has 0 spiro atoms. The van der Waals surface area contributed by atoms with E-state index in [0.29, 0.717) is 5.56 Å². The molecule has 2 aromatic carbocycles. The molecule has 2 aliphatic rings. The van der Waals surface area contributed by atoms with Crippen LogP contribution in [0, 0.1) is 0 Å². The molecule has 2 aromatic rings. The highest BCUT2D eigenvalue weighted by atomic mass is 16.7. The van der Waals surface area contributed by atoms with Crippen molar-refractivity contribution in [2.45, 2.75) is 74.4 Å². The van der Waals surface area contributed by atoms with Crippen LogP contribution >= 0.6 is 0 Å². The number of phenols is 3. The molecule has 1 unspecified atom stereocenters. The summed E-state index contributed by atoms with van der Waals surface area (Å²) in [5.74, 6) is -1.67. The Kier molecular flexibility index (Phi) is 11.8. The van der Waals surface area contributed by atoms with Crippen LogP contribution in [0.1, 0.15) is 24.2 Å². The minimum atomic E-state index is -1.79. The highest BCUT2D eigenvalue weighted by Gasteiger charge is 2.50. The molecule has 0 amide bonds. The Bertz CT molecular complexity index is 1350. The molecule has 0 saturated carbocycles. The Labute approximate surface area is 262 Å². The van der Waals surface area contributed by atoms with Gasteiger partial charge in [0, 0.05) is 6.08 Å². The van der Waals surface area contributed by atoms with Gasteiger partial charge < -0.3 is 74.4 Å². The second-order valence-corrected chi connectivity index (χ2v) is 10.8. The number of carbonyl (C=O) groups excluding carboxylic acids is 1. The second-order valence-electron chi connectivity index (χ2n) is 10.8. The molecule has 2 aliphatic heterocycles. The number of esters is 1. The number of aliphatic hydroxyl groups excluding tert-OH is 6. The predicted molar refractivity (Wildman–Crippen MR) is 153 cm³/mol. The zero-order chi connectivity index (χ0) is 33.7. The third-order valence-corrected chi connectivity index (χ3v) is 7.55. The van der Waals surface area contributed by atoms with Gasteiger partial charge in [-0.15, -0.1) is 0 Å². The van der Waals surface area contributed by atoms with Crippen molar-refractivity contribution in [2.24, 2.45) is 0 Å². The molecule has 2 fully saturated rings. The van der Waals surface area contributed by atoms with Gasteiger partial charge >= 0.3 is 5.97 Å². The Morgan fingerprint density at radius 3 is 2.28 bits per heavy atom. The monoisotopic (exact) mass is 654 g/mol. The Morgan fingerprint density at radius 1 is 0.870 bits per heavy atom. The van der Waals surface area contributed by atoms with E-state index in [1.54, 1.807) is 0 Å². The Hall–Kier alpha value is -3.55. The van der Waals surface area contributed by atoms with E-state index in [1.165, 1.54) is 44.4 Å². The first-order valence-electron chi connectivity index (χ1n) is 14.2. The number of phenolic OH excluding ortho intramolecular Hbond substituents is 3. The minimum absolute atomic E-state index is 0.0959. The van der Waals surface area contributed by atoms with Crippen molar-refractivity contribution in [3.63, 3.8) is 0 Å². The van der Waals surface area contributed by atoms with E-state index >= 15 is 0 Å². The van der Waals surface area contributed by atoms with E-state index in [1.807, 2.05) is 0 Å². The first-order valence-corrected chi connectivity index (χ1v) is 14.2. The smallest absolute Gasteiger partial charge is 0.330 e. The molecule has 2 saturated heterocycles. The van der Waals surface area contributed by atoms with Crippen LogP contribution in [0.3, 0.4) is 0 Å². The third-order valence-electron chi connectivity index (χ3n) is 7.55. The number of ether oxygens (including phenoxy) is 6. The van der Waals surface area contributed by atoms with E-state index in [2.05, 4.69) is 0 Å². The van der Waals surface area contributed by atoms with E-state index in [0.717, 1.165) is 18.2 Å². The molecule has 0 aromatic heterocycles. The van der Waals surface area contributed by atoms with Crippen LogP contribution in [0.15, 0.2) is 42.5 Å². The van der Waals surface area contributed by atoms with E-state index < -0.39 is 98.2 Å². The van der Waals surface area contributed by atoms with Crippen LogP contribution in [0.25, 0.3) is 6.08 Å². The van der Waals surface area contributed by atoms with Crippen molar-refractivity contribution >= 4 is 12.0 Å². The lowest BCUT2D eigenvalue weighted by atomic mass is 9.97. The first-order chi connectivity index (χ1) is 21.8. The maximum Gasteiger partial charge on any atom is 0.330 e. The molecule has 46 heavy (non-hydrogen) atoms. The zero-order valence-corrected chi connectivity index (χ0v) is 24.8. The number of benzene rings is 2. The summed E-state index contributed by atoms with van der Waals surface area (Å²) in [5.41, 5.74) is 0.649. The van der Waals surface area contributed by atoms with Crippen molar-refractivity contribution in [3.8, 4) is 23.0 Å². The summed E-state index contributed by atoms with van der Waals surface area (Å²) < 4.78 is 32.6. The molecule has 9 N–H and O–H groups in total. The third kappa shape index (κ3) is 8.23. The van der Waals surface area contributed by atoms with Crippen molar-refractivity contribution in [2.75, 3.05) is 20.3 Å². The largest absolute Gasteiger partial charge is 0.504 e. The number of aromatic hydroxyl groups is 3. The number of hydrogen-bond acceptors (Lipinski definition) is 16. The lowest BCUT2D eigenvalue weighted by molar-refractivity contribution is -0.358. The molecular weight excluding hydrogens is 616 g/mol. The first kappa shape index (κ1) is 35.3. The van der Waals surface area contributed by atoms with Crippen LogP contribution in [0.4, 0.5) is 0 Å². The van der Waals surface area contributed by atoms with Crippen molar-refractivity contribution in [1.82, 2.24) is 0 Å². The van der Waals surface area contributed by atoms with Crippen LogP contribution in [0.5, 0.6) is 23.0 Å². The quantitative estimate of drug-likeness (QED) is 0.0782. The fraction of sp³-hybridized carbons (Fsp3) is 0.500. The van der Waals surface area contributed by atoms with Gasteiger partial charge in [-0.1, -0.05) is 12.1 Å². The number of hydrogen-bond donors (Lipinski definition) is 9. The summed E-state index contributed by atoms with van der Waals surface area (Å²) in [4.78, 5) is 12.5. The lowest BCUT2D eigenvalue weighted by Gasteiger charge is -2.45. The molecular formula is C30H38O16. The average molecular weight is 655 g/mol. The molecule has 11 atom stereocenters. The summed E-state index contributed by atoms with van der Waals surface area (Å²) >= 11 is 0. The molecule has 0 radical (unpaired) electrons. The van der Waals surface area contributed by atoms with Gasteiger partial charge in [0.25, 0.3) is 0 Å². The number of carbonyl (C=O) groups is 1. The highest BCUT2D eigenvalue weighted by molar-refractivity contribution is 5.87. The summed E-state index contributed by atoms with van der Waals surface area (Å²) in [6.07, 6.45) is -14.6. The Balaban J connectivity index is 1.47. The SMILES string of the molecule is COc1cc(/C=C/C(=O)OC[C@H]2O[C@@H](OCC(O)c3ccc(O)c(O)c3)[C@H](O)[C@@H](O[C@@H]3O[C@@H](C)[C@H](O)[C@@H](O)[C@H]3O)[C@@H]2O)ccc1O. The topological polar surface area (TPSA) is 255 Å². The van der Waals surface area contributed by atoms with Crippen molar-refractivity contribution in [3.05, 3.63) is 53.6 Å². The zero-order valence-electron chi connectivity index (χ0n) is 24.8. The van der Waals surface area contributed by atoms with Crippen LogP contribution in [0.2, 0.25) is 0 Å². The molecule has 4 rings (SSSR count). The number of methoxy groups -OCH3 is 1. The van der Waals surface area contributed by atoms with E-state index in [9.17, 15) is 50.8 Å². The molecule has 0 aliphatic carbocycles. The highest BCUT2D eigenvalue weighted by Crippen LogP contribution is 2.32. The van der Waals surface area contributed by atoms with E-state index in [4.69, 9.17) is 28.4 Å². The maximum atomic E-state index is 12.5. The van der Waals surface area contributed by atoms with Crippen molar-refractivity contribution < 1.29 is 79.2 Å². The maximum absolute atomic E-state index is 12.5. The van der Waals surface area contributed by atoms with Crippen LogP contribution in [-0.2, 0) is 28.5 Å². The molecule has 16 heteroatoms. The minimum Gasteiger partial charge on any atom is -0.504 e. The summed E-state index contributed by atoms with van der Waals surface area (Å²) in [5, 5.41) is 92.3. The fourth-order valence-electron chi connectivity index (χ4n) is 4.82. The van der Waals surface area contributed by atoms with Crippen LogP contribution < -0.4 is 4.74 Å².